The summed E-state index contributed by atoms with van der Waals surface area (Å²) >= 11 is 0. The first kappa shape index (κ1) is 19.1. The quantitative estimate of drug-likeness (QED) is 0.825. The topological polar surface area (TPSA) is 67.4 Å². The Morgan fingerprint density at radius 3 is 2.52 bits per heavy atom. The molecular formula is C18H24F2N2O3. The summed E-state index contributed by atoms with van der Waals surface area (Å²) in [5.41, 5.74) is 0.272. The lowest BCUT2D eigenvalue weighted by Crippen LogP contribution is -2.47. The summed E-state index contributed by atoms with van der Waals surface area (Å²) in [5, 5.41) is 5.51. The molecule has 0 bridgehead atoms. The molecule has 1 aromatic rings. The molecule has 2 rings (SSSR count). The van der Waals surface area contributed by atoms with Crippen LogP contribution in [0.5, 0.6) is 5.75 Å². The van der Waals surface area contributed by atoms with Crippen molar-refractivity contribution < 1.29 is 23.1 Å². The molecule has 138 valence electrons. The first-order valence-electron chi connectivity index (χ1n) is 8.49. The van der Waals surface area contributed by atoms with Gasteiger partial charge < -0.3 is 15.4 Å². The fourth-order valence-corrected chi connectivity index (χ4v) is 3.09. The first-order valence-corrected chi connectivity index (χ1v) is 8.49. The van der Waals surface area contributed by atoms with E-state index in [1.54, 1.807) is 0 Å². The zero-order valence-electron chi connectivity index (χ0n) is 14.4. The standard InChI is InChI=1S/C18H24F2N2O3/c1-11-4-3-5-15(12(11)2)22-16(23)10-21-17(24)13-6-8-14(9-7-13)25-18(19)20/h6-9,11-12,15,18H,3-5,10H2,1-2H3,(H,21,24)(H,22,23)/t11-,12-,15-/m1/s1. The Balaban J connectivity index is 1.80. The Bertz CT molecular complexity index is 592. The van der Waals surface area contributed by atoms with E-state index in [-0.39, 0.29) is 29.8 Å². The number of hydrogen-bond donors (Lipinski definition) is 2. The summed E-state index contributed by atoms with van der Waals surface area (Å²) < 4.78 is 28.4. The van der Waals surface area contributed by atoms with Crippen LogP contribution in [0.15, 0.2) is 24.3 Å². The van der Waals surface area contributed by atoms with E-state index >= 15 is 0 Å². The molecule has 7 heteroatoms. The molecule has 0 radical (unpaired) electrons. The Kier molecular flexibility index (Phi) is 6.73. The second-order valence-corrected chi connectivity index (χ2v) is 6.53. The number of nitrogens with one attached hydrogen (secondary N) is 2. The Morgan fingerprint density at radius 2 is 1.88 bits per heavy atom. The number of rotatable bonds is 6. The number of ether oxygens (including phenoxy) is 1. The van der Waals surface area contributed by atoms with Crippen LogP contribution in [0, 0.1) is 11.8 Å². The van der Waals surface area contributed by atoms with Crippen molar-refractivity contribution in [1.29, 1.82) is 0 Å². The smallest absolute Gasteiger partial charge is 0.387 e. The van der Waals surface area contributed by atoms with Crippen molar-refractivity contribution >= 4 is 11.8 Å². The predicted octanol–water partition coefficient (Wildman–Crippen LogP) is 2.96. The van der Waals surface area contributed by atoms with Crippen molar-refractivity contribution in [1.82, 2.24) is 10.6 Å². The van der Waals surface area contributed by atoms with E-state index in [4.69, 9.17) is 0 Å². The van der Waals surface area contributed by atoms with Crippen molar-refractivity contribution in [3.8, 4) is 5.75 Å². The second-order valence-electron chi connectivity index (χ2n) is 6.53. The van der Waals surface area contributed by atoms with E-state index in [2.05, 4.69) is 29.2 Å². The minimum atomic E-state index is -2.91. The summed E-state index contributed by atoms with van der Waals surface area (Å²) in [6.07, 6.45) is 3.22. The van der Waals surface area contributed by atoms with Crippen LogP contribution in [-0.2, 0) is 4.79 Å². The highest BCUT2D eigenvalue weighted by molar-refractivity contribution is 5.96. The number of hydrogen-bond acceptors (Lipinski definition) is 3. The molecule has 5 nitrogen and oxygen atoms in total. The molecule has 3 atom stereocenters. The molecule has 1 aliphatic rings. The van der Waals surface area contributed by atoms with Gasteiger partial charge in [-0.1, -0.05) is 26.7 Å². The maximum absolute atomic E-state index is 12.1. The van der Waals surface area contributed by atoms with Gasteiger partial charge in [0.05, 0.1) is 6.54 Å². The monoisotopic (exact) mass is 354 g/mol. The van der Waals surface area contributed by atoms with Crippen LogP contribution in [0.3, 0.4) is 0 Å². The van der Waals surface area contributed by atoms with E-state index in [0.29, 0.717) is 11.8 Å². The van der Waals surface area contributed by atoms with Crippen LogP contribution in [0.2, 0.25) is 0 Å². The SMILES string of the molecule is C[C@@H]1[C@H](C)CCC[C@H]1NC(=O)CNC(=O)c1ccc(OC(F)F)cc1. The highest BCUT2D eigenvalue weighted by atomic mass is 19.3. The molecular weight excluding hydrogens is 330 g/mol. The van der Waals surface area contributed by atoms with Gasteiger partial charge in [0.2, 0.25) is 5.91 Å². The lowest BCUT2D eigenvalue weighted by molar-refractivity contribution is -0.121. The van der Waals surface area contributed by atoms with Crippen LogP contribution in [0.4, 0.5) is 8.78 Å². The number of amides is 2. The van der Waals surface area contributed by atoms with E-state index in [1.165, 1.54) is 30.7 Å². The maximum Gasteiger partial charge on any atom is 0.387 e. The molecule has 0 spiro atoms. The molecule has 0 unspecified atom stereocenters. The van der Waals surface area contributed by atoms with Gasteiger partial charge in [0.15, 0.2) is 0 Å². The van der Waals surface area contributed by atoms with Crippen molar-refractivity contribution in [2.45, 2.75) is 45.8 Å². The van der Waals surface area contributed by atoms with Crippen LogP contribution in [0.1, 0.15) is 43.5 Å². The fraction of sp³-hybridized carbons (Fsp3) is 0.556. The Morgan fingerprint density at radius 1 is 1.20 bits per heavy atom. The normalized spacial score (nSPS) is 23.2. The Labute approximate surface area is 146 Å². The summed E-state index contributed by atoms with van der Waals surface area (Å²) in [5.74, 6) is 0.295. The lowest BCUT2D eigenvalue weighted by Gasteiger charge is -2.34. The van der Waals surface area contributed by atoms with Crippen molar-refractivity contribution in [2.75, 3.05) is 6.54 Å². The number of alkyl halides is 2. The third-order valence-electron chi connectivity index (χ3n) is 4.80. The van der Waals surface area contributed by atoms with Gasteiger partial charge in [-0.3, -0.25) is 9.59 Å². The number of carbonyl (C=O) groups is 2. The Hall–Kier alpha value is -2.18. The van der Waals surface area contributed by atoms with Crippen LogP contribution < -0.4 is 15.4 Å². The van der Waals surface area contributed by atoms with Gasteiger partial charge in [-0.15, -0.1) is 0 Å². The van der Waals surface area contributed by atoms with E-state index in [9.17, 15) is 18.4 Å². The second kappa shape index (κ2) is 8.78. The maximum atomic E-state index is 12.1. The van der Waals surface area contributed by atoms with E-state index < -0.39 is 12.5 Å². The molecule has 0 aliphatic heterocycles. The molecule has 0 aromatic heterocycles. The first-order chi connectivity index (χ1) is 11.9. The summed E-state index contributed by atoms with van der Waals surface area (Å²) in [7, 11) is 0. The third-order valence-corrected chi connectivity index (χ3v) is 4.80. The van der Waals surface area contributed by atoms with Gasteiger partial charge in [-0.05, 0) is 42.5 Å². The van der Waals surface area contributed by atoms with Gasteiger partial charge in [0.1, 0.15) is 5.75 Å². The molecule has 2 N–H and O–H groups in total. The summed E-state index contributed by atoms with van der Waals surface area (Å²) in [6, 6.07) is 5.45. The minimum Gasteiger partial charge on any atom is -0.435 e. The fourth-order valence-electron chi connectivity index (χ4n) is 3.09. The number of halogens is 2. The van der Waals surface area contributed by atoms with E-state index in [0.717, 1.165) is 12.8 Å². The molecule has 0 saturated heterocycles. The van der Waals surface area contributed by atoms with Crippen molar-refractivity contribution in [3.05, 3.63) is 29.8 Å². The average molecular weight is 354 g/mol. The summed E-state index contributed by atoms with van der Waals surface area (Å²) in [6.45, 7) is 1.29. The largest absolute Gasteiger partial charge is 0.435 e. The van der Waals surface area contributed by atoms with Gasteiger partial charge in [0.25, 0.3) is 5.91 Å². The minimum absolute atomic E-state index is 0.0234. The zero-order chi connectivity index (χ0) is 18.4. The molecule has 25 heavy (non-hydrogen) atoms. The summed E-state index contributed by atoms with van der Waals surface area (Å²) in [4.78, 5) is 24.1. The number of benzene rings is 1. The zero-order valence-corrected chi connectivity index (χ0v) is 14.4. The van der Waals surface area contributed by atoms with Gasteiger partial charge in [0, 0.05) is 11.6 Å². The highest BCUT2D eigenvalue weighted by Crippen LogP contribution is 2.29. The van der Waals surface area contributed by atoms with Gasteiger partial charge >= 0.3 is 6.61 Å². The molecule has 1 saturated carbocycles. The van der Waals surface area contributed by atoms with Crippen molar-refractivity contribution in [3.63, 3.8) is 0 Å². The molecule has 1 aliphatic carbocycles. The molecule has 0 heterocycles. The predicted molar refractivity (Wildman–Crippen MR) is 89.5 cm³/mol. The van der Waals surface area contributed by atoms with Crippen molar-refractivity contribution in [2.24, 2.45) is 11.8 Å². The molecule has 1 aromatic carbocycles. The van der Waals surface area contributed by atoms with Crippen LogP contribution in [-0.4, -0.2) is 31.0 Å². The van der Waals surface area contributed by atoms with Crippen LogP contribution >= 0.6 is 0 Å². The average Bonchev–Trinajstić information content (AvgIpc) is 2.57. The molecule has 2 amide bonds. The third kappa shape index (κ3) is 5.69. The molecule has 1 fully saturated rings. The van der Waals surface area contributed by atoms with Crippen LogP contribution in [0.25, 0.3) is 0 Å². The van der Waals surface area contributed by atoms with Gasteiger partial charge in [-0.2, -0.15) is 8.78 Å². The lowest BCUT2D eigenvalue weighted by atomic mass is 9.78. The van der Waals surface area contributed by atoms with Gasteiger partial charge in [-0.25, -0.2) is 0 Å². The van der Waals surface area contributed by atoms with E-state index in [1.807, 2.05) is 0 Å². The number of carbonyl (C=O) groups excluding carboxylic acids is 2. The highest BCUT2D eigenvalue weighted by Gasteiger charge is 2.28.